The average molecular weight is 194 g/mol. The van der Waals surface area contributed by atoms with Gasteiger partial charge in [0.1, 0.15) is 5.55 Å². The number of thiocarbonyl (C=S) groups is 1. The molecule has 3 nitrogen and oxygen atoms in total. The molecule has 1 aromatic rings. The van der Waals surface area contributed by atoms with Crippen LogP contribution in [-0.2, 0) is 9.53 Å². The zero-order chi connectivity index (χ0) is 9.52. The molecule has 0 fully saturated rings. The predicted molar refractivity (Wildman–Crippen MR) is 54.2 cm³/mol. The molecule has 0 heterocycles. The van der Waals surface area contributed by atoms with Crippen LogP contribution in [0.1, 0.15) is 0 Å². The summed E-state index contributed by atoms with van der Waals surface area (Å²) < 4.78 is 4.79. The van der Waals surface area contributed by atoms with Gasteiger partial charge in [0.2, 0.25) is 0 Å². The molecule has 0 spiro atoms. The average Bonchev–Trinajstić information content (AvgIpc) is 2.21. The van der Waals surface area contributed by atoms with E-state index in [0.717, 1.165) is 11.2 Å². The lowest BCUT2D eigenvalue weighted by Crippen LogP contribution is -2.23. The Balaban J connectivity index is 2.66. The van der Waals surface area contributed by atoms with Gasteiger partial charge in [-0.05, 0) is 24.4 Å². The molecule has 0 saturated carbocycles. The van der Waals surface area contributed by atoms with Crippen molar-refractivity contribution in [1.82, 2.24) is 0 Å². The van der Waals surface area contributed by atoms with Crippen molar-refractivity contribution in [2.24, 2.45) is 0 Å². The first-order valence-corrected chi connectivity index (χ1v) is 4.11. The van der Waals surface area contributed by atoms with E-state index in [4.69, 9.17) is 4.74 Å². The predicted octanol–water partition coefficient (Wildman–Crippen LogP) is 1.49. The number of hydrogen-bond donors (Lipinski definition) is 0. The first-order chi connectivity index (χ1) is 6.38. The number of rotatable bonds is 5. The van der Waals surface area contributed by atoms with E-state index in [2.05, 4.69) is 12.2 Å². The maximum Gasteiger partial charge on any atom is 0.319 e. The Labute approximate surface area is 81.9 Å². The third-order valence-electron chi connectivity index (χ3n) is 1.45. The van der Waals surface area contributed by atoms with E-state index < -0.39 is 0 Å². The molecule has 1 radical (unpaired) electrons. The van der Waals surface area contributed by atoms with Crippen LogP contribution in [0.4, 0.5) is 5.69 Å². The van der Waals surface area contributed by atoms with Crippen LogP contribution >= 0.6 is 12.2 Å². The van der Waals surface area contributed by atoms with E-state index in [-0.39, 0.29) is 6.73 Å². The molecule has 0 atom stereocenters. The highest BCUT2D eigenvalue weighted by atomic mass is 32.1. The number of hydrogen-bond acceptors (Lipinski definition) is 3. The molecule has 0 aromatic heterocycles. The van der Waals surface area contributed by atoms with E-state index in [1.807, 2.05) is 18.2 Å². The molecule has 1 amide bonds. The fourth-order valence-corrected chi connectivity index (χ4v) is 0.927. The Morgan fingerprint density at radius 1 is 1.46 bits per heavy atom. The van der Waals surface area contributed by atoms with E-state index in [9.17, 15) is 4.79 Å². The number of anilines is 1. The van der Waals surface area contributed by atoms with E-state index in [0.29, 0.717) is 0 Å². The fraction of sp³-hybridized carbons (Fsp3) is 0.111. The first-order valence-electron chi connectivity index (χ1n) is 3.64. The van der Waals surface area contributed by atoms with Crippen LogP contribution in [-0.4, -0.2) is 18.7 Å². The smallest absolute Gasteiger partial charge is 0.319 e. The van der Waals surface area contributed by atoms with Crippen LogP contribution < -0.4 is 4.90 Å². The Hall–Kier alpha value is -1.42. The van der Waals surface area contributed by atoms with Crippen molar-refractivity contribution in [3.8, 4) is 0 Å². The van der Waals surface area contributed by atoms with Gasteiger partial charge in [-0.1, -0.05) is 18.2 Å². The number of para-hydroxylation sites is 1. The minimum atomic E-state index is 0.0943. The molecule has 0 unspecified atom stereocenters. The molecule has 0 N–H and O–H groups in total. The van der Waals surface area contributed by atoms with Crippen molar-refractivity contribution in [3.05, 3.63) is 30.3 Å². The molecule has 0 bridgehead atoms. The summed E-state index contributed by atoms with van der Waals surface area (Å²) in [4.78, 5) is 11.8. The summed E-state index contributed by atoms with van der Waals surface area (Å²) in [5.74, 6) is 0. The first kappa shape index (κ1) is 9.67. The summed E-state index contributed by atoms with van der Waals surface area (Å²) in [6.45, 7) is 0.0943. The van der Waals surface area contributed by atoms with Crippen molar-refractivity contribution in [2.75, 3.05) is 11.6 Å². The number of benzene rings is 1. The normalized spacial score (nSPS) is 8.92. The van der Waals surface area contributed by atoms with Crippen LogP contribution in [0.25, 0.3) is 0 Å². The van der Waals surface area contributed by atoms with Gasteiger partial charge in [-0.25, -0.2) is 0 Å². The number of ether oxygens (including phenoxy) is 1. The van der Waals surface area contributed by atoms with Gasteiger partial charge in [0.05, 0.1) is 0 Å². The SMILES string of the molecule is O=[C]N(COC=S)c1ccccc1. The van der Waals surface area contributed by atoms with Gasteiger partial charge < -0.3 is 4.74 Å². The van der Waals surface area contributed by atoms with Crippen LogP contribution in [0.3, 0.4) is 0 Å². The highest BCUT2D eigenvalue weighted by molar-refractivity contribution is 7.78. The molecular formula is C9H8NO2S. The van der Waals surface area contributed by atoms with Gasteiger partial charge in [0, 0.05) is 5.69 Å². The molecule has 1 aromatic carbocycles. The van der Waals surface area contributed by atoms with Gasteiger partial charge in [-0.3, -0.25) is 9.69 Å². The minimum Gasteiger partial charge on any atom is -0.469 e. The maximum absolute atomic E-state index is 10.5. The van der Waals surface area contributed by atoms with E-state index in [1.54, 1.807) is 18.5 Å². The third kappa shape index (κ3) is 2.83. The number of amides is 1. The molecule has 0 aliphatic rings. The van der Waals surface area contributed by atoms with Crippen LogP contribution in [0, 0.1) is 0 Å². The standard InChI is InChI=1S/C9H8NO2S/c11-6-10(7-12-8-13)9-4-2-1-3-5-9/h1-5,8H,7H2. The monoisotopic (exact) mass is 194 g/mol. The number of carbonyl (C=O) groups excluding carboxylic acids is 1. The van der Waals surface area contributed by atoms with Gasteiger partial charge >= 0.3 is 6.41 Å². The Kier molecular flexibility index (Phi) is 3.92. The molecule has 0 aliphatic carbocycles. The van der Waals surface area contributed by atoms with Crippen molar-refractivity contribution in [1.29, 1.82) is 0 Å². The third-order valence-corrected chi connectivity index (χ3v) is 1.59. The molecule has 0 saturated heterocycles. The lowest BCUT2D eigenvalue weighted by atomic mass is 10.3. The Morgan fingerprint density at radius 3 is 2.69 bits per heavy atom. The minimum absolute atomic E-state index is 0.0943. The zero-order valence-electron chi connectivity index (χ0n) is 6.84. The highest BCUT2D eigenvalue weighted by Crippen LogP contribution is 2.10. The molecular weight excluding hydrogens is 186 g/mol. The van der Waals surface area contributed by atoms with Crippen LogP contribution in [0.5, 0.6) is 0 Å². The lowest BCUT2D eigenvalue weighted by molar-refractivity contribution is 0.337. The van der Waals surface area contributed by atoms with Crippen molar-refractivity contribution in [3.63, 3.8) is 0 Å². The second kappa shape index (κ2) is 5.27. The van der Waals surface area contributed by atoms with Crippen LogP contribution in [0.2, 0.25) is 0 Å². The van der Waals surface area contributed by atoms with Crippen molar-refractivity contribution in [2.45, 2.75) is 0 Å². The molecule has 0 aliphatic heterocycles. The number of nitrogens with zero attached hydrogens (tertiary/aromatic N) is 1. The van der Waals surface area contributed by atoms with Gasteiger partial charge in [-0.2, -0.15) is 0 Å². The maximum atomic E-state index is 10.5. The van der Waals surface area contributed by atoms with Crippen molar-refractivity contribution >= 4 is 29.9 Å². The van der Waals surface area contributed by atoms with Crippen molar-refractivity contribution < 1.29 is 9.53 Å². The quantitative estimate of drug-likeness (QED) is 0.404. The van der Waals surface area contributed by atoms with Crippen LogP contribution in [0.15, 0.2) is 30.3 Å². The van der Waals surface area contributed by atoms with E-state index >= 15 is 0 Å². The Bertz CT molecular complexity index is 276. The molecule has 67 valence electrons. The van der Waals surface area contributed by atoms with Gasteiger partial charge in [0.25, 0.3) is 0 Å². The second-order valence-electron chi connectivity index (χ2n) is 2.25. The Morgan fingerprint density at radius 2 is 2.15 bits per heavy atom. The molecule has 13 heavy (non-hydrogen) atoms. The highest BCUT2D eigenvalue weighted by Gasteiger charge is 2.03. The second-order valence-corrected chi connectivity index (χ2v) is 2.44. The molecule has 4 heteroatoms. The summed E-state index contributed by atoms with van der Waals surface area (Å²) in [5, 5.41) is 0. The summed E-state index contributed by atoms with van der Waals surface area (Å²) in [6, 6.07) is 9.11. The summed E-state index contributed by atoms with van der Waals surface area (Å²) >= 11 is 4.46. The summed E-state index contributed by atoms with van der Waals surface area (Å²) in [7, 11) is 0. The molecule has 1 rings (SSSR count). The fourth-order valence-electron chi connectivity index (χ4n) is 0.866. The van der Waals surface area contributed by atoms with Gasteiger partial charge in [0.15, 0.2) is 6.73 Å². The van der Waals surface area contributed by atoms with Gasteiger partial charge in [-0.15, -0.1) is 0 Å². The lowest BCUT2D eigenvalue weighted by Gasteiger charge is -2.14. The summed E-state index contributed by atoms with van der Waals surface area (Å²) in [5.41, 5.74) is 1.85. The largest absolute Gasteiger partial charge is 0.469 e. The van der Waals surface area contributed by atoms with E-state index in [1.165, 1.54) is 4.90 Å². The summed E-state index contributed by atoms with van der Waals surface area (Å²) in [6.07, 6.45) is 1.75. The zero-order valence-corrected chi connectivity index (χ0v) is 7.66. The topological polar surface area (TPSA) is 29.5 Å².